The summed E-state index contributed by atoms with van der Waals surface area (Å²) in [5.41, 5.74) is 5.15. The minimum atomic E-state index is 0. The molecule has 1 N–H and O–H groups in total. The van der Waals surface area contributed by atoms with Gasteiger partial charge in [0.25, 0.3) is 0 Å². The van der Waals surface area contributed by atoms with Gasteiger partial charge in [0.05, 0.1) is 5.76 Å². The molecule has 3 nitrogen and oxygen atoms in total. The number of aromatic nitrogens is 1. The minimum absolute atomic E-state index is 0. The Hall–Kier alpha value is -2.85. The third kappa shape index (κ3) is 8.94. The molecule has 0 atom stereocenters. The van der Waals surface area contributed by atoms with Crippen LogP contribution in [0.1, 0.15) is 90.8 Å². The Morgan fingerprint density at radius 3 is 2.15 bits per heavy atom. The maximum atomic E-state index is 11.7. The van der Waals surface area contributed by atoms with Crippen molar-refractivity contribution >= 4 is 48.2 Å². The average molecular weight is 813 g/mol. The van der Waals surface area contributed by atoms with Crippen molar-refractivity contribution in [1.82, 2.24) is 0 Å². The van der Waals surface area contributed by atoms with E-state index in [-0.39, 0.29) is 43.5 Å². The quantitative estimate of drug-likeness (QED) is 0.0697. The van der Waals surface area contributed by atoms with E-state index < -0.39 is 0 Å². The van der Waals surface area contributed by atoms with Gasteiger partial charge in [-0.25, -0.2) is 0 Å². The number of fused-ring (bicyclic) bond motifs is 5. The molecular formula is C41H50IrNO2S-. The first-order valence-corrected chi connectivity index (χ1v) is 17.4. The number of hydrogen-bond acceptors (Lipinski definition) is 3. The number of nitrogens with zero attached hydrogens (tertiary/aromatic N) is 1. The van der Waals surface area contributed by atoms with Crippen LogP contribution in [-0.2, 0) is 31.3 Å². The van der Waals surface area contributed by atoms with Crippen molar-refractivity contribution in [2.75, 3.05) is 0 Å². The van der Waals surface area contributed by atoms with E-state index in [9.17, 15) is 9.90 Å². The molecule has 0 amide bonds. The summed E-state index contributed by atoms with van der Waals surface area (Å²) in [6.45, 7) is 19.2. The van der Waals surface area contributed by atoms with E-state index in [0.717, 1.165) is 43.4 Å². The zero-order valence-corrected chi connectivity index (χ0v) is 32.2. The molecule has 0 aliphatic heterocycles. The zero-order chi connectivity index (χ0) is 32.9. The fourth-order valence-corrected chi connectivity index (χ4v) is 7.50. The molecule has 0 fully saturated rings. The Kier molecular flexibility index (Phi) is 13.3. The molecule has 0 saturated carbocycles. The number of carbonyl (C=O) groups excluding carboxylic acids is 1. The number of benzene rings is 3. The summed E-state index contributed by atoms with van der Waals surface area (Å²) in [5.74, 6) is 0.547. The second kappa shape index (κ2) is 16.3. The molecule has 2 aromatic heterocycles. The van der Waals surface area contributed by atoms with Crippen molar-refractivity contribution in [2.24, 2.45) is 17.3 Å². The van der Waals surface area contributed by atoms with E-state index >= 15 is 0 Å². The van der Waals surface area contributed by atoms with E-state index in [4.69, 9.17) is 0 Å². The van der Waals surface area contributed by atoms with Crippen LogP contribution < -0.4 is 4.57 Å². The number of aryl methyl sites for hydroxylation is 2. The molecule has 46 heavy (non-hydrogen) atoms. The standard InChI is InChI=1S/C28H26NS.C13H24O2.Ir/c1-18-13-19(2)15-22(14-18)29-12-6-7-25-24-11-9-21-16-20(17-28(3,4)5)8-10-23(21)26(24)30-27(25)29;1-5-10(6-2)12(14)9-13(15)11(7-3)8-4;/h6-11,13-14,16H,17H2,1-5H3;9-11,14H,5-8H2,1-4H3;/q-1;;/b;12-9-;. The molecule has 5 aromatic rings. The van der Waals surface area contributed by atoms with Crippen molar-refractivity contribution in [3.63, 3.8) is 0 Å². The molecule has 0 aliphatic rings. The van der Waals surface area contributed by atoms with Gasteiger partial charge in [-0.3, -0.25) is 9.36 Å². The Balaban J connectivity index is 0.000000309. The van der Waals surface area contributed by atoms with E-state index in [1.165, 1.54) is 48.3 Å². The number of hydrogen-bond donors (Lipinski definition) is 1. The van der Waals surface area contributed by atoms with Gasteiger partial charge in [0.2, 0.25) is 0 Å². The Bertz CT molecular complexity index is 1800. The molecule has 0 unspecified atom stereocenters. The van der Waals surface area contributed by atoms with Crippen molar-refractivity contribution in [1.29, 1.82) is 0 Å². The Labute approximate surface area is 294 Å². The maximum Gasteiger partial charge on any atom is 0.185 e. The summed E-state index contributed by atoms with van der Waals surface area (Å²) in [5, 5.41) is 15.0. The summed E-state index contributed by atoms with van der Waals surface area (Å²) in [7, 11) is 0. The minimum Gasteiger partial charge on any atom is -0.512 e. The van der Waals surface area contributed by atoms with Crippen LogP contribution >= 0.6 is 11.3 Å². The SMILES string of the molecule is CCC(CC)C(=O)/C=C(\O)C(CC)CC.Cc1[c-]c(-[n+]2[c-]ccc3c4ccc5cc(CC(C)(C)C)ccc5c4sc32)cc(C)c1.[Ir]. The smallest absolute Gasteiger partial charge is 0.185 e. The molecule has 0 saturated heterocycles. The van der Waals surface area contributed by atoms with Gasteiger partial charge in [-0.05, 0) is 64.6 Å². The molecule has 247 valence electrons. The van der Waals surface area contributed by atoms with Crippen molar-refractivity contribution in [2.45, 2.75) is 94.4 Å². The molecule has 1 radical (unpaired) electrons. The second-order valence-corrected chi connectivity index (χ2v) is 14.6. The molecule has 0 spiro atoms. The summed E-state index contributed by atoms with van der Waals surface area (Å²) in [6.07, 6.45) is 9.42. The average Bonchev–Trinajstić information content (AvgIpc) is 3.36. The Morgan fingerprint density at radius 1 is 0.891 bits per heavy atom. The molecule has 0 bridgehead atoms. The Morgan fingerprint density at radius 2 is 1.54 bits per heavy atom. The first-order chi connectivity index (χ1) is 21.4. The second-order valence-electron chi connectivity index (χ2n) is 13.6. The third-order valence-corrected chi connectivity index (χ3v) is 9.84. The molecule has 0 aliphatic carbocycles. The first kappa shape index (κ1) is 37.6. The van der Waals surface area contributed by atoms with Crippen LogP contribution in [-0.4, -0.2) is 10.9 Å². The monoisotopic (exact) mass is 813 g/mol. The van der Waals surface area contributed by atoms with Gasteiger partial charge in [0.15, 0.2) is 16.8 Å². The van der Waals surface area contributed by atoms with Crippen LogP contribution in [0.5, 0.6) is 0 Å². The van der Waals surface area contributed by atoms with Crippen molar-refractivity contribution in [3.05, 3.63) is 95.4 Å². The fourth-order valence-electron chi connectivity index (χ4n) is 6.19. The normalized spacial score (nSPS) is 12.1. The number of pyridine rings is 1. The summed E-state index contributed by atoms with van der Waals surface area (Å²) in [4.78, 5) is 12.9. The van der Waals surface area contributed by atoms with Crippen LogP contribution in [0.3, 0.4) is 0 Å². The summed E-state index contributed by atoms with van der Waals surface area (Å²) >= 11 is 1.86. The molecule has 2 heterocycles. The summed E-state index contributed by atoms with van der Waals surface area (Å²) < 4.78 is 3.52. The molecular weight excluding hydrogens is 763 g/mol. The van der Waals surface area contributed by atoms with Gasteiger partial charge >= 0.3 is 0 Å². The van der Waals surface area contributed by atoms with Crippen LogP contribution in [0.25, 0.3) is 36.8 Å². The third-order valence-electron chi connectivity index (χ3n) is 8.60. The van der Waals surface area contributed by atoms with Crippen LogP contribution in [0.15, 0.2) is 66.4 Å². The number of rotatable bonds is 9. The van der Waals surface area contributed by atoms with Gasteiger partial charge in [-0.1, -0.05) is 98.7 Å². The number of ketones is 1. The number of aliphatic hydroxyl groups is 1. The number of aliphatic hydroxyl groups excluding tert-OH is 1. The van der Waals surface area contributed by atoms with Gasteiger partial charge in [0.1, 0.15) is 0 Å². The molecule has 3 aromatic carbocycles. The van der Waals surface area contributed by atoms with E-state index in [2.05, 4.69) is 100.0 Å². The van der Waals surface area contributed by atoms with E-state index in [1.54, 1.807) is 0 Å². The van der Waals surface area contributed by atoms with Crippen LogP contribution in [0, 0.1) is 43.4 Å². The zero-order valence-electron chi connectivity index (χ0n) is 29.0. The van der Waals surface area contributed by atoms with Gasteiger partial charge in [-0.15, -0.1) is 23.5 Å². The first-order valence-electron chi connectivity index (χ1n) is 16.5. The largest absolute Gasteiger partial charge is 0.512 e. The number of allylic oxidation sites excluding steroid dienone is 2. The predicted octanol–water partition coefficient (Wildman–Crippen LogP) is 11.2. The van der Waals surface area contributed by atoms with E-state index in [1.807, 2.05) is 45.1 Å². The van der Waals surface area contributed by atoms with Crippen LogP contribution in [0.2, 0.25) is 0 Å². The topological polar surface area (TPSA) is 41.2 Å². The van der Waals surface area contributed by atoms with Crippen LogP contribution in [0.4, 0.5) is 0 Å². The number of carbonyl (C=O) groups is 1. The van der Waals surface area contributed by atoms with E-state index in [0.29, 0.717) is 5.41 Å². The van der Waals surface area contributed by atoms with Crippen molar-refractivity contribution in [3.8, 4) is 5.69 Å². The van der Waals surface area contributed by atoms with Crippen molar-refractivity contribution < 1.29 is 34.6 Å². The van der Waals surface area contributed by atoms with Gasteiger partial charge < -0.3 is 5.11 Å². The van der Waals surface area contributed by atoms with Gasteiger partial charge in [-0.2, -0.15) is 23.3 Å². The molecule has 5 heteroatoms. The maximum absolute atomic E-state index is 11.7. The number of thiophene rings is 1. The summed E-state index contributed by atoms with van der Waals surface area (Å²) in [6, 6.07) is 23.6. The van der Waals surface area contributed by atoms with Gasteiger partial charge in [0, 0.05) is 48.4 Å². The fraction of sp³-hybridized carbons (Fsp3) is 0.415. The predicted molar refractivity (Wildman–Crippen MR) is 193 cm³/mol. The molecule has 5 rings (SSSR count).